The second-order valence-electron chi connectivity index (χ2n) is 10.6. The summed E-state index contributed by atoms with van der Waals surface area (Å²) in [5, 5.41) is 7.96. The van der Waals surface area contributed by atoms with Gasteiger partial charge in [-0.05, 0) is 90.4 Å². The molecule has 1 atom stereocenters. The first-order chi connectivity index (χ1) is 22.8. The quantitative estimate of drug-likeness (QED) is 0.0915. The van der Waals surface area contributed by atoms with E-state index in [4.69, 9.17) is 5.73 Å². The molecule has 5 rings (SSSR count). The Bertz CT molecular complexity index is 1910. The summed E-state index contributed by atoms with van der Waals surface area (Å²) >= 11 is 1.35. The van der Waals surface area contributed by atoms with E-state index >= 15 is 0 Å². The average molecular weight is 641 g/mol. The van der Waals surface area contributed by atoms with Crippen LogP contribution in [-0.4, -0.2) is 23.6 Å². The van der Waals surface area contributed by atoms with Gasteiger partial charge in [-0.25, -0.2) is 0 Å². The number of anilines is 2. The van der Waals surface area contributed by atoms with Gasteiger partial charge in [0.05, 0.1) is 0 Å². The van der Waals surface area contributed by atoms with Gasteiger partial charge < -0.3 is 21.7 Å². The van der Waals surface area contributed by atoms with Gasteiger partial charge >= 0.3 is 0 Å². The number of aryl methyl sites for hydroxylation is 1. The summed E-state index contributed by atoms with van der Waals surface area (Å²) in [4.78, 5) is 52.1. The number of primary amides is 1. The fourth-order valence-corrected chi connectivity index (χ4v) is 5.65. The number of nitrogens with two attached hydrogens (primary N) is 1. The fraction of sp³-hybridized carbons (Fsp3) is 0.0526. The van der Waals surface area contributed by atoms with Crippen LogP contribution in [0.15, 0.2) is 144 Å². The summed E-state index contributed by atoms with van der Waals surface area (Å²) in [7, 11) is 0. The Balaban J connectivity index is 1.32. The first-order valence-electron chi connectivity index (χ1n) is 14.7. The summed E-state index contributed by atoms with van der Waals surface area (Å²) in [6, 6.07) is 39.2. The van der Waals surface area contributed by atoms with Crippen LogP contribution in [0.1, 0.15) is 42.7 Å². The number of thioether (sulfide) groups is 1. The van der Waals surface area contributed by atoms with Crippen molar-refractivity contribution in [1.29, 1.82) is 0 Å². The number of nitrogens with one attached hydrogen (secondary N) is 3. The topological polar surface area (TPSA) is 130 Å². The molecule has 5 aromatic rings. The summed E-state index contributed by atoms with van der Waals surface area (Å²) in [5.74, 6) is -1.68. The predicted octanol–water partition coefficient (Wildman–Crippen LogP) is 6.98. The summed E-state index contributed by atoms with van der Waals surface area (Å²) in [6.45, 7) is 1.93. The van der Waals surface area contributed by atoms with Crippen LogP contribution < -0.4 is 21.7 Å². The van der Waals surface area contributed by atoms with E-state index in [1.165, 1.54) is 11.8 Å². The molecule has 4 amide bonds. The minimum atomic E-state index is -0.593. The number of hydrogen-bond acceptors (Lipinski definition) is 5. The maximum absolute atomic E-state index is 13.5. The lowest BCUT2D eigenvalue weighted by Gasteiger charge is -2.18. The third-order valence-corrected chi connectivity index (χ3v) is 8.43. The van der Waals surface area contributed by atoms with Crippen molar-refractivity contribution in [3.8, 4) is 0 Å². The van der Waals surface area contributed by atoms with Crippen molar-refractivity contribution in [1.82, 2.24) is 5.32 Å². The van der Waals surface area contributed by atoms with Gasteiger partial charge in [-0.15, -0.1) is 11.8 Å². The minimum absolute atomic E-state index is 0.0938. The SMILES string of the molecule is Cc1ccccc1/C=C(\NC(=O)c1ccccc1)C(=O)Nc1ccc(SC(C(=O)Nc2ccc(C(N)=O)cc2)c2ccccc2)cc1. The van der Waals surface area contributed by atoms with Gasteiger partial charge in [-0.2, -0.15) is 0 Å². The number of rotatable bonds is 11. The summed E-state index contributed by atoms with van der Waals surface area (Å²) in [5.41, 5.74) is 9.81. The molecule has 0 aliphatic rings. The number of carbonyl (C=O) groups excluding carboxylic acids is 4. The van der Waals surface area contributed by atoms with Gasteiger partial charge in [0.15, 0.2) is 0 Å². The van der Waals surface area contributed by atoms with Crippen molar-refractivity contribution in [2.24, 2.45) is 5.73 Å². The van der Waals surface area contributed by atoms with Gasteiger partial charge in [0.1, 0.15) is 10.9 Å². The normalized spacial score (nSPS) is 11.6. The van der Waals surface area contributed by atoms with Crippen LogP contribution in [0.5, 0.6) is 0 Å². The third kappa shape index (κ3) is 8.84. The maximum Gasteiger partial charge on any atom is 0.272 e. The Morgan fingerprint density at radius 1 is 0.660 bits per heavy atom. The lowest BCUT2D eigenvalue weighted by atomic mass is 10.1. The van der Waals surface area contributed by atoms with Crippen molar-refractivity contribution < 1.29 is 19.2 Å². The molecule has 0 radical (unpaired) electrons. The zero-order valence-electron chi connectivity index (χ0n) is 25.5. The highest BCUT2D eigenvalue weighted by Crippen LogP contribution is 2.37. The highest BCUT2D eigenvalue weighted by atomic mass is 32.2. The van der Waals surface area contributed by atoms with Crippen LogP contribution in [0, 0.1) is 6.92 Å². The van der Waals surface area contributed by atoms with E-state index in [0.29, 0.717) is 22.5 Å². The van der Waals surface area contributed by atoms with Gasteiger partial charge in [-0.1, -0.05) is 72.8 Å². The molecular formula is C38H32N4O4S. The number of carbonyl (C=O) groups is 4. The number of benzene rings is 5. The van der Waals surface area contributed by atoms with E-state index in [-0.39, 0.29) is 11.6 Å². The standard InChI is InChI=1S/C38H32N4O4S/c1-25-10-8-9-15-29(25)24-33(42-36(44)28-13-6-3-7-14-28)37(45)40-31-20-22-32(23-21-31)47-34(26-11-4-2-5-12-26)38(46)41-30-18-16-27(17-19-30)35(39)43/h2-24,34H,1H3,(H2,39,43)(H,40,45)(H,41,46)(H,42,44)/b33-24-. The third-order valence-electron chi connectivity index (χ3n) is 7.16. The molecule has 0 heterocycles. The summed E-state index contributed by atoms with van der Waals surface area (Å²) < 4.78 is 0. The molecule has 0 fully saturated rings. The van der Waals surface area contributed by atoms with Crippen LogP contribution in [0.2, 0.25) is 0 Å². The van der Waals surface area contributed by atoms with Gasteiger partial charge in [0.25, 0.3) is 11.8 Å². The second kappa shape index (κ2) is 15.4. The van der Waals surface area contributed by atoms with Gasteiger partial charge in [0, 0.05) is 27.4 Å². The highest BCUT2D eigenvalue weighted by molar-refractivity contribution is 8.00. The van der Waals surface area contributed by atoms with Crippen molar-refractivity contribution in [2.75, 3.05) is 10.6 Å². The van der Waals surface area contributed by atoms with E-state index in [0.717, 1.165) is 21.6 Å². The predicted molar refractivity (Wildman–Crippen MR) is 187 cm³/mol. The molecule has 1 unspecified atom stereocenters. The minimum Gasteiger partial charge on any atom is -0.366 e. The van der Waals surface area contributed by atoms with Crippen LogP contribution in [-0.2, 0) is 9.59 Å². The Kier molecular flexibility index (Phi) is 10.6. The largest absolute Gasteiger partial charge is 0.366 e. The molecule has 0 saturated carbocycles. The van der Waals surface area contributed by atoms with Crippen LogP contribution >= 0.6 is 11.8 Å². The van der Waals surface area contributed by atoms with Gasteiger partial charge in [-0.3, -0.25) is 19.2 Å². The zero-order chi connectivity index (χ0) is 33.2. The number of hydrogen-bond donors (Lipinski definition) is 4. The molecule has 0 saturated heterocycles. The van der Waals surface area contributed by atoms with Gasteiger partial charge in [0.2, 0.25) is 11.8 Å². The molecule has 0 bridgehead atoms. The monoisotopic (exact) mass is 640 g/mol. The molecular weight excluding hydrogens is 609 g/mol. The Morgan fingerprint density at radius 3 is 1.87 bits per heavy atom. The molecule has 0 spiro atoms. The molecule has 5 N–H and O–H groups in total. The van der Waals surface area contributed by atoms with Crippen molar-refractivity contribution in [2.45, 2.75) is 17.1 Å². The van der Waals surface area contributed by atoms with Crippen molar-refractivity contribution in [3.63, 3.8) is 0 Å². The Labute approximate surface area is 277 Å². The smallest absolute Gasteiger partial charge is 0.272 e. The highest BCUT2D eigenvalue weighted by Gasteiger charge is 2.23. The molecule has 0 aliphatic carbocycles. The van der Waals surface area contributed by atoms with Crippen LogP contribution in [0.4, 0.5) is 11.4 Å². The first kappa shape index (κ1) is 32.5. The van der Waals surface area contributed by atoms with Crippen molar-refractivity contribution in [3.05, 3.63) is 167 Å². The Hall–Kier alpha value is -5.93. The molecule has 0 aliphatic heterocycles. The average Bonchev–Trinajstić information content (AvgIpc) is 3.09. The first-order valence-corrected chi connectivity index (χ1v) is 15.6. The van der Waals surface area contributed by atoms with E-state index in [9.17, 15) is 19.2 Å². The van der Waals surface area contributed by atoms with E-state index in [1.807, 2.05) is 79.7 Å². The van der Waals surface area contributed by atoms with E-state index in [2.05, 4.69) is 16.0 Å². The molecule has 0 aromatic heterocycles. The lowest BCUT2D eigenvalue weighted by Crippen LogP contribution is -2.30. The van der Waals surface area contributed by atoms with E-state index in [1.54, 1.807) is 66.7 Å². The number of amides is 4. The molecule has 234 valence electrons. The molecule has 9 heteroatoms. The molecule has 47 heavy (non-hydrogen) atoms. The Morgan fingerprint density at radius 2 is 1.23 bits per heavy atom. The van der Waals surface area contributed by atoms with Crippen LogP contribution in [0.25, 0.3) is 6.08 Å². The fourth-order valence-electron chi connectivity index (χ4n) is 4.62. The maximum atomic E-state index is 13.5. The van der Waals surface area contributed by atoms with E-state index < -0.39 is 23.0 Å². The molecule has 8 nitrogen and oxygen atoms in total. The zero-order valence-corrected chi connectivity index (χ0v) is 26.3. The second-order valence-corrected chi connectivity index (χ2v) is 11.7. The molecule has 5 aromatic carbocycles. The van der Waals surface area contributed by atoms with Crippen LogP contribution in [0.3, 0.4) is 0 Å². The van der Waals surface area contributed by atoms with Crippen molar-refractivity contribution >= 4 is 52.8 Å². The lowest BCUT2D eigenvalue weighted by molar-refractivity contribution is -0.116. The summed E-state index contributed by atoms with van der Waals surface area (Å²) in [6.07, 6.45) is 1.65.